The van der Waals surface area contributed by atoms with Gasteiger partial charge < -0.3 is 9.47 Å². The normalized spacial score (nSPS) is 23.6. The molecular weight excluding hydrogens is 388 g/mol. The van der Waals surface area contributed by atoms with Crippen LogP contribution in [0.25, 0.3) is 0 Å². The summed E-state index contributed by atoms with van der Waals surface area (Å²) >= 11 is 0. The second-order valence-electron chi connectivity index (χ2n) is 8.51. The number of rotatable bonds is 10. The van der Waals surface area contributed by atoms with Gasteiger partial charge in [-0.1, -0.05) is 72.8 Å². The first kappa shape index (κ1) is 21.4. The van der Waals surface area contributed by atoms with Crippen LogP contribution < -0.4 is 0 Å². The second kappa shape index (κ2) is 10.4. The lowest BCUT2D eigenvalue weighted by molar-refractivity contribution is -0.161. The molecule has 0 N–H and O–H groups in total. The molecule has 0 saturated heterocycles. The van der Waals surface area contributed by atoms with Gasteiger partial charge in [-0.2, -0.15) is 0 Å². The average Bonchev–Trinajstić information content (AvgIpc) is 3.43. The molecule has 2 aromatic carbocycles. The molecule has 2 aliphatic rings. The fourth-order valence-corrected chi connectivity index (χ4v) is 4.84. The van der Waals surface area contributed by atoms with E-state index in [1.165, 1.54) is 11.1 Å². The largest absolute Gasteiger partial charge is 0.465 e. The van der Waals surface area contributed by atoms with E-state index in [0.717, 1.165) is 32.1 Å². The van der Waals surface area contributed by atoms with Crippen molar-refractivity contribution in [2.24, 2.45) is 23.7 Å². The van der Waals surface area contributed by atoms with Crippen molar-refractivity contribution in [3.63, 3.8) is 0 Å². The van der Waals surface area contributed by atoms with E-state index in [-0.39, 0.29) is 23.8 Å². The first-order valence-electron chi connectivity index (χ1n) is 11.3. The Balaban J connectivity index is 1.24. The van der Waals surface area contributed by atoms with Crippen LogP contribution in [0.3, 0.4) is 0 Å². The van der Waals surface area contributed by atoms with Gasteiger partial charge in [0.05, 0.1) is 25.0 Å². The highest BCUT2D eigenvalue weighted by Gasteiger charge is 2.53. The Labute approximate surface area is 184 Å². The standard InChI is InChI=1S/C27H30O4/c28-26(30-17-7-13-20-9-3-1-4-10-20)24-22-15-16-23(19-22)25(24)27(29)31-18-8-14-21-11-5-2-6-12-21/h1-6,9-12,15-16,22-25H,7-8,13-14,17-19H2. The lowest BCUT2D eigenvalue weighted by atomic mass is 9.83. The highest BCUT2D eigenvalue weighted by Crippen LogP contribution is 2.49. The number of hydrogen-bond donors (Lipinski definition) is 0. The van der Waals surface area contributed by atoms with Crippen LogP contribution in [0.15, 0.2) is 72.8 Å². The van der Waals surface area contributed by atoms with Crippen LogP contribution in [0.4, 0.5) is 0 Å². The predicted molar refractivity (Wildman–Crippen MR) is 119 cm³/mol. The molecule has 0 aromatic heterocycles. The summed E-state index contributed by atoms with van der Waals surface area (Å²) in [5, 5.41) is 0. The van der Waals surface area contributed by atoms with Crippen molar-refractivity contribution < 1.29 is 19.1 Å². The van der Waals surface area contributed by atoms with Crippen LogP contribution in [-0.4, -0.2) is 25.2 Å². The van der Waals surface area contributed by atoms with Crippen molar-refractivity contribution in [1.82, 2.24) is 0 Å². The van der Waals surface area contributed by atoms with Gasteiger partial charge in [0.1, 0.15) is 0 Å². The molecule has 4 heteroatoms. The summed E-state index contributed by atoms with van der Waals surface area (Å²) in [6.45, 7) is 0.758. The van der Waals surface area contributed by atoms with E-state index in [1.807, 2.05) is 36.4 Å². The van der Waals surface area contributed by atoms with Crippen molar-refractivity contribution in [1.29, 1.82) is 0 Å². The van der Waals surface area contributed by atoms with Gasteiger partial charge in [-0.15, -0.1) is 0 Å². The van der Waals surface area contributed by atoms with Crippen LogP contribution >= 0.6 is 0 Å². The van der Waals surface area contributed by atoms with E-state index in [2.05, 4.69) is 36.4 Å². The molecule has 0 radical (unpaired) electrons. The molecule has 4 rings (SSSR count). The van der Waals surface area contributed by atoms with Gasteiger partial charge in [0.2, 0.25) is 0 Å². The van der Waals surface area contributed by atoms with Gasteiger partial charge in [-0.25, -0.2) is 0 Å². The van der Waals surface area contributed by atoms with E-state index in [1.54, 1.807) is 0 Å². The summed E-state index contributed by atoms with van der Waals surface area (Å²) in [6.07, 6.45) is 8.28. The van der Waals surface area contributed by atoms with Crippen molar-refractivity contribution in [2.75, 3.05) is 13.2 Å². The molecule has 4 nitrogen and oxygen atoms in total. The van der Waals surface area contributed by atoms with Gasteiger partial charge in [0.25, 0.3) is 0 Å². The van der Waals surface area contributed by atoms with Gasteiger partial charge in [-0.05, 0) is 55.1 Å². The maximum Gasteiger partial charge on any atom is 0.310 e. The zero-order chi connectivity index (χ0) is 21.5. The van der Waals surface area contributed by atoms with Gasteiger partial charge in [0, 0.05) is 0 Å². The van der Waals surface area contributed by atoms with Gasteiger partial charge in [-0.3, -0.25) is 9.59 Å². The number of carbonyl (C=O) groups is 2. The number of ether oxygens (including phenoxy) is 2. The summed E-state index contributed by atoms with van der Waals surface area (Å²) < 4.78 is 11.2. The second-order valence-corrected chi connectivity index (χ2v) is 8.51. The number of hydrogen-bond acceptors (Lipinski definition) is 4. The summed E-state index contributed by atoms with van der Waals surface area (Å²) in [7, 11) is 0. The van der Waals surface area contributed by atoms with Crippen molar-refractivity contribution in [3.8, 4) is 0 Å². The average molecular weight is 419 g/mol. The zero-order valence-electron chi connectivity index (χ0n) is 17.8. The van der Waals surface area contributed by atoms with E-state index in [0.29, 0.717) is 13.2 Å². The molecule has 31 heavy (non-hydrogen) atoms. The van der Waals surface area contributed by atoms with E-state index in [9.17, 15) is 9.59 Å². The Hall–Kier alpha value is -2.88. The Morgan fingerprint density at radius 1 is 0.677 bits per heavy atom. The van der Waals surface area contributed by atoms with Crippen LogP contribution in [0.2, 0.25) is 0 Å². The molecular formula is C27H30O4. The first-order chi connectivity index (χ1) is 15.2. The topological polar surface area (TPSA) is 52.6 Å². The molecule has 0 aliphatic heterocycles. The lowest BCUT2D eigenvalue weighted by Crippen LogP contribution is -2.35. The number of esters is 2. The quantitative estimate of drug-likeness (QED) is 0.317. The Bertz CT molecular complexity index is 816. The Morgan fingerprint density at radius 3 is 1.52 bits per heavy atom. The van der Waals surface area contributed by atoms with E-state index in [4.69, 9.17) is 9.47 Å². The number of benzene rings is 2. The number of fused-ring (bicyclic) bond motifs is 2. The number of carbonyl (C=O) groups excluding carboxylic acids is 2. The highest BCUT2D eigenvalue weighted by atomic mass is 16.5. The third kappa shape index (κ3) is 5.43. The molecule has 162 valence electrons. The van der Waals surface area contributed by atoms with Crippen molar-refractivity contribution in [2.45, 2.75) is 32.1 Å². The molecule has 0 amide bonds. The molecule has 4 unspecified atom stereocenters. The molecule has 2 aliphatic carbocycles. The Morgan fingerprint density at radius 2 is 1.10 bits per heavy atom. The molecule has 4 atom stereocenters. The molecule has 0 spiro atoms. The first-order valence-corrected chi connectivity index (χ1v) is 11.3. The molecule has 1 fully saturated rings. The zero-order valence-corrected chi connectivity index (χ0v) is 17.8. The Kier molecular flexibility index (Phi) is 7.18. The van der Waals surface area contributed by atoms with Crippen LogP contribution in [0, 0.1) is 23.7 Å². The smallest absolute Gasteiger partial charge is 0.310 e. The minimum atomic E-state index is -0.409. The molecule has 0 heterocycles. The molecule has 1 saturated carbocycles. The van der Waals surface area contributed by atoms with E-state index >= 15 is 0 Å². The predicted octanol–water partition coefficient (Wildman–Crippen LogP) is 4.78. The summed E-state index contributed by atoms with van der Waals surface area (Å²) in [4.78, 5) is 25.6. The fraction of sp³-hybridized carbons (Fsp3) is 0.407. The van der Waals surface area contributed by atoms with Crippen LogP contribution in [0.5, 0.6) is 0 Å². The number of aryl methyl sites for hydroxylation is 2. The SMILES string of the molecule is O=C(OCCCc1ccccc1)C1C2C=CC(C2)C1C(=O)OCCCc1ccccc1. The summed E-state index contributed by atoms with van der Waals surface area (Å²) in [6, 6.07) is 20.3. The minimum Gasteiger partial charge on any atom is -0.465 e. The minimum absolute atomic E-state index is 0.0912. The third-order valence-electron chi connectivity index (χ3n) is 6.40. The van der Waals surface area contributed by atoms with Crippen molar-refractivity contribution >= 4 is 11.9 Å². The fourth-order valence-electron chi connectivity index (χ4n) is 4.84. The van der Waals surface area contributed by atoms with Crippen LogP contribution in [0.1, 0.15) is 30.4 Å². The molecule has 2 bridgehead atoms. The van der Waals surface area contributed by atoms with Gasteiger partial charge in [0.15, 0.2) is 0 Å². The highest BCUT2D eigenvalue weighted by molar-refractivity contribution is 5.84. The summed E-state index contributed by atoms with van der Waals surface area (Å²) in [5.41, 5.74) is 2.47. The van der Waals surface area contributed by atoms with Crippen LogP contribution in [-0.2, 0) is 31.9 Å². The maximum absolute atomic E-state index is 12.8. The lowest BCUT2D eigenvalue weighted by Gasteiger charge is -2.25. The van der Waals surface area contributed by atoms with Gasteiger partial charge >= 0.3 is 11.9 Å². The third-order valence-corrected chi connectivity index (χ3v) is 6.40. The van der Waals surface area contributed by atoms with Crippen molar-refractivity contribution in [3.05, 3.63) is 83.9 Å². The van der Waals surface area contributed by atoms with E-state index < -0.39 is 11.8 Å². The maximum atomic E-state index is 12.8. The number of allylic oxidation sites excluding steroid dienone is 2. The summed E-state index contributed by atoms with van der Waals surface area (Å²) in [5.74, 6) is -1.14. The molecule has 2 aromatic rings. The monoisotopic (exact) mass is 418 g/mol.